The first kappa shape index (κ1) is 33.7. The van der Waals surface area contributed by atoms with Crippen LogP contribution in [0.5, 0.6) is 17.2 Å². The molecular formula is C31H29BrFIN4O7. The second-order valence-corrected chi connectivity index (χ2v) is 11.5. The van der Waals surface area contributed by atoms with Crippen LogP contribution in [0.4, 0.5) is 9.18 Å². The number of amides is 3. The van der Waals surface area contributed by atoms with E-state index in [0.29, 0.717) is 32.8 Å². The number of nitrogens with one attached hydrogen (secondary N) is 3. The van der Waals surface area contributed by atoms with Gasteiger partial charge >= 0.3 is 12.0 Å². The van der Waals surface area contributed by atoms with Gasteiger partial charge in [-0.05, 0) is 105 Å². The molecule has 0 unspecified atom stereocenters. The van der Waals surface area contributed by atoms with Crippen molar-refractivity contribution in [2.24, 2.45) is 5.10 Å². The zero-order valence-electron chi connectivity index (χ0n) is 24.4. The molecule has 4 rings (SSSR count). The minimum Gasteiger partial charge on any atom is -0.493 e. The molecule has 3 aromatic rings. The Morgan fingerprint density at radius 3 is 2.56 bits per heavy atom. The number of methoxy groups -OCH3 is 1. The summed E-state index contributed by atoms with van der Waals surface area (Å²) in [7, 11) is 1.43. The third kappa shape index (κ3) is 8.94. The lowest BCUT2D eigenvalue weighted by molar-refractivity contribution is -0.139. The quantitative estimate of drug-likeness (QED) is 0.0954. The average molecular weight is 795 g/mol. The van der Waals surface area contributed by atoms with Crippen LogP contribution in [-0.2, 0) is 20.9 Å². The largest absolute Gasteiger partial charge is 0.493 e. The number of carbonyl (C=O) groups excluding carboxylic acids is 3. The minimum absolute atomic E-state index is 0.177. The van der Waals surface area contributed by atoms with Crippen LogP contribution < -0.4 is 30.3 Å². The van der Waals surface area contributed by atoms with Crippen LogP contribution in [0.2, 0.25) is 0 Å². The summed E-state index contributed by atoms with van der Waals surface area (Å²) in [6.45, 7) is 3.40. The van der Waals surface area contributed by atoms with E-state index >= 15 is 0 Å². The first-order valence-corrected chi connectivity index (χ1v) is 15.4. The summed E-state index contributed by atoms with van der Waals surface area (Å²) in [4.78, 5) is 37.2. The molecule has 236 valence electrons. The monoisotopic (exact) mass is 794 g/mol. The standard InChI is InChI=1S/C31H29BrFIN4O7/c1-4-43-30(40)27-17(2)36-31(41)37-28(27)20-7-10-24(25(13-20)42-3)44-16-26(39)38-35-14-19-11-22(32)29(23(34)12-19)45-15-18-5-8-21(33)9-6-18/h5-14,28H,4,15-16H2,1-3H3,(H,38,39)(H2,36,37,41)/b35-14-/t28-/m1/s1. The highest BCUT2D eigenvalue weighted by molar-refractivity contribution is 14.1. The Hall–Kier alpha value is -4.18. The summed E-state index contributed by atoms with van der Waals surface area (Å²) in [6, 6.07) is 13.3. The minimum atomic E-state index is -0.781. The van der Waals surface area contributed by atoms with Crippen molar-refractivity contribution in [3.63, 3.8) is 0 Å². The number of carbonyl (C=O) groups is 3. The van der Waals surface area contributed by atoms with Gasteiger partial charge in [-0.3, -0.25) is 4.79 Å². The number of hydrazone groups is 1. The molecule has 1 heterocycles. The molecule has 11 nitrogen and oxygen atoms in total. The highest BCUT2D eigenvalue weighted by Crippen LogP contribution is 2.35. The molecule has 0 aliphatic carbocycles. The van der Waals surface area contributed by atoms with Crippen molar-refractivity contribution >= 4 is 62.6 Å². The Bertz CT molecular complexity index is 1630. The van der Waals surface area contributed by atoms with Crippen molar-refractivity contribution in [1.82, 2.24) is 16.1 Å². The summed E-state index contributed by atoms with van der Waals surface area (Å²) in [6.07, 6.45) is 1.48. The Labute approximate surface area is 280 Å². The molecule has 45 heavy (non-hydrogen) atoms. The molecule has 0 saturated heterocycles. The molecule has 0 saturated carbocycles. The molecule has 1 atom stereocenters. The maximum absolute atomic E-state index is 13.1. The molecule has 1 aliphatic heterocycles. The summed E-state index contributed by atoms with van der Waals surface area (Å²) in [5.74, 6) is -0.195. The van der Waals surface area contributed by atoms with E-state index in [1.807, 2.05) is 6.07 Å². The number of halogens is 3. The fourth-order valence-electron chi connectivity index (χ4n) is 4.29. The van der Waals surface area contributed by atoms with E-state index in [1.165, 1.54) is 25.5 Å². The number of rotatable bonds is 12. The van der Waals surface area contributed by atoms with Gasteiger partial charge in [0.2, 0.25) is 0 Å². The van der Waals surface area contributed by atoms with E-state index < -0.39 is 23.9 Å². The van der Waals surface area contributed by atoms with Crippen LogP contribution in [0.25, 0.3) is 0 Å². The van der Waals surface area contributed by atoms with Crippen molar-refractivity contribution in [3.8, 4) is 17.2 Å². The highest BCUT2D eigenvalue weighted by Gasteiger charge is 2.32. The van der Waals surface area contributed by atoms with Gasteiger partial charge in [0.05, 0.1) is 39.6 Å². The Morgan fingerprint density at radius 2 is 1.87 bits per heavy atom. The lowest BCUT2D eigenvalue weighted by atomic mass is 9.95. The van der Waals surface area contributed by atoms with Crippen molar-refractivity contribution in [2.75, 3.05) is 20.3 Å². The van der Waals surface area contributed by atoms with Gasteiger partial charge in [0.1, 0.15) is 18.2 Å². The molecule has 14 heteroatoms. The van der Waals surface area contributed by atoms with E-state index in [9.17, 15) is 18.8 Å². The average Bonchev–Trinajstić information content (AvgIpc) is 3.00. The first-order chi connectivity index (χ1) is 21.6. The lowest BCUT2D eigenvalue weighted by Crippen LogP contribution is -2.45. The Balaban J connectivity index is 1.35. The number of esters is 1. The molecule has 0 aromatic heterocycles. The second-order valence-electron chi connectivity index (χ2n) is 9.51. The zero-order valence-corrected chi connectivity index (χ0v) is 28.2. The number of urea groups is 1. The lowest BCUT2D eigenvalue weighted by Gasteiger charge is -2.28. The number of nitrogens with zero attached hydrogens (tertiary/aromatic N) is 1. The zero-order chi connectivity index (χ0) is 32.5. The number of benzene rings is 3. The van der Waals surface area contributed by atoms with E-state index in [4.69, 9.17) is 18.9 Å². The number of allylic oxidation sites excluding steroid dienone is 1. The van der Waals surface area contributed by atoms with Crippen LogP contribution in [0.3, 0.4) is 0 Å². The fraction of sp³-hybridized carbons (Fsp3) is 0.226. The summed E-state index contributed by atoms with van der Waals surface area (Å²) in [5.41, 5.74) is 5.15. The summed E-state index contributed by atoms with van der Waals surface area (Å²) >= 11 is 5.63. The Morgan fingerprint density at radius 1 is 1.11 bits per heavy atom. The normalized spacial score (nSPS) is 14.4. The van der Waals surface area contributed by atoms with E-state index in [0.717, 1.165) is 9.13 Å². The van der Waals surface area contributed by atoms with Gasteiger partial charge in [-0.2, -0.15) is 5.10 Å². The Kier molecular flexibility index (Phi) is 11.8. The van der Waals surface area contributed by atoms with E-state index in [1.54, 1.807) is 50.2 Å². The first-order valence-electron chi connectivity index (χ1n) is 13.5. The van der Waals surface area contributed by atoms with Crippen LogP contribution in [0.15, 0.2) is 75.4 Å². The van der Waals surface area contributed by atoms with Gasteiger partial charge in [0.15, 0.2) is 18.1 Å². The van der Waals surface area contributed by atoms with Gasteiger partial charge in [-0.15, -0.1) is 0 Å². The SMILES string of the molecule is CCOC(=O)C1=C(C)NC(=O)N[C@@H]1c1ccc(OCC(=O)N/N=C\c2cc(Br)c(OCc3ccc(F)cc3)c(I)c2)c(OC)c1. The summed E-state index contributed by atoms with van der Waals surface area (Å²) < 4.78 is 36.8. The number of hydrogen-bond acceptors (Lipinski definition) is 8. The molecule has 3 amide bonds. The van der Waals surface area contributed by atoms with Gasteiger partial charge in [-0.1, -0.05) is 18.2 Å². The predicted molar refractivity (Wildman–Crippen MR) is 176 cm³/mol. The maximum atomic E-state index is 13.1. The topological polar surface area (TPSA) is 137 Å². The van der Waals surface area contributed by atoms with Crippen molar-refractivity contribution in [1.29, 1.82) is 0 Å². The smallest absolute Gasteiger partial charge is 0.338 e. The third-order valence-electron chi connectivity index (χ3n) is 6.36. The van der Waals surface area contributed by atoms with Gasteiger partial charge < -0.3 is 29.6 Å². The van der Waals surface area contributed by atoms with Crippen LogP contribution in [0.1, 0.15) is 36.6 Å². The van der Waals surface area contributed by atoms with Crippen LogP contribution in [-0.4, -0.2) is 44.4 Å². The van der Waals surface area contributed by atoms with Crippen LogP contribution in [0, 0.1) is 9.39 Å². The van der Waals surface area contributed by atoms with Gasteiger partial charge in [0.25, 0.3) is 5.91 Å². The van der Waals surface area contributed by atoms with Gasteiger partial charge in [0, 0.05) is 5.70 Å². The molecule has 1 aliphatic rings. The predicted octanol–water partition coefficient (Wildman–Crippen LogP) is 5.50. The van der Waals surface area contributed by atoms with Crippen molar-refractivity contribution in [3.05, 3.63) is 96.4 Å². The number of ether oxygens (including phenoxy) is 4. The molecular weight excluding hydrogens is 766 g/mol. The van der Waals surface area contributed by atoms with E-state index in [-0.39, 0.29) is 37.0 Å². The highest BCUT2D eigenvalue weighted by atomic mass is 127. The molecule has 0 radical (unpaired) electrons. The van der Waals surface area contributed by atoms with Gasteiger partial charge in [-0.25, -0.2) is 19.4 Å². The van der Waals surface area contributed by atoms with Crippen molar-refractivity contribution in [2.45, 2.75) is 26.5 Å². The molecule has 3 N–H and O–H groups in total. The van der Waals surface area contributed by atoms with E-state index in [2.05, 4.69) is 59.7 Å². The molecule has 0 spiro atoms. The van der Waals surface area contributed by atoms with Crippen LogP contribution >= 0.6 is 38.5 Å². The molecule has 0 bridgehead atoms. The number of hydrogen-bond donors (Lipinski definition) is 3. The molecule has 3 aromatic carbocycles. The third-order valence-corrected chi connectivity index (χ3v) is 7.75. The fourth-order valence-corrected chi connectivity index (χ4v) is 6.06. The second kappa shape index (κ2) is 15.7. The summed E-state index contributed by atoms with van der Waals surface area (Å²) in [5, 5.41) is 9.32. The maximum Gasteiger partial charge on any atom is 0.338 e. The molecule has 0 fully saturated rings. The van der Waals surface area contributed by atoms with Crippen molar-refractivity contribution < 1.29 is 37.7 Å².